The van der Waals surface area contributed by atoms with Gasteiger partial charge in [-0.1, -0.05) is 6.07 Å². The van der Waals surface area contributed by atoms with Crippen molar-refractivity contribution in [2.75, 3.05) is 0 Å². The minimum Gasteiger partial charge on any atom is -0.327 e. The van der Waals surface area contributed by atoms with Crippen molar-refractivity contribution in [1.82, 2.24) is 0 Å². The molecule has 0 aliphatic heterocycles. The van der Waals surface area contributed by atoms with Crippen molar-refractivity contribution in [2.24, 2.45) is 5.73 Å². The average Bonchev–Trinajstić information content (AvgIpc) is 2.94. The van der Waals surface area contributed by atoms with Crippen molar-refractivity contribution in [3.8, 4) is 0 Å². The third-order valence-electron chi connectivity index (χ3n) is 3.83. The second-order valence-corrected chi connectivity index (χ2v) is 4.60. The van der Waals surface area contributed by atoms with Gasteiger partial charge in [0.25, 0.3) is 0 Å². The Bertz CT molecular complexity index is 382. The Hall–Kier alpha value is -0.890. The summed E-state index contributed by atoms with van der Waals surface area (Å²) in [7, 11) is 0. The van der Waals surface area contributed by atoms with Gasteiger partial charge in [-0.15, -0.1) is 0 Å². The Morgan fingerprint density at radius 2 is 2.14 bits per heavy atom. The van der Waals surface area contributed by atoms with Crippen molar-refractivity contribution in [3.63, 3.8) is 0 Å². The lowest BCUT2D eigenvalue weighted by molar-refractivity contribution is 0.451. The van der Waals surface area contributed by atoms with E-state index in [4.69, 9.17) is 5.73 Å². The molecule has 14 heavy (non-hydrogen) atoms. The number of halogens is 1. The number of hydrogen-bond acceptors (Lipinski definition) is 1. The van der Waals surface area contributed by atoms with Gasteiger partial charge in [0.1, 0.15) is 5.82 Å². The van der Waals surface area contributed by atoms with Gasteiger partial charge in [-0.2, -0.15) is 0 Å². The van der Waals surface area contributed by atoms with E-state index < -0.39 is 0 Å². The fourth-order valence-corrected chi connectivity index (χ4v) is 2.79. The summed E-state index contributed by atoms with van der Waals surface area (Å²) in [6.45, 7) is 0. The van der Waals surface area contributed by atoms with Crippen molar-refractivity contribution in [3.05, 3.63) is 35.1 Å². The highest BCUT2D eigenvalue weighted by molar-refractivity contribution is 5.43. The molecule has 1 atom stereocenters. The van der Waals surface area contributed by atoms with Crippen molar-refractivity contribution < 1.29 is 4.39 Å². The maximum atomic E-state index is 13.2. The van der Waals surface area contributed by atoms with E-state index >= 15 is 0 Å². The average molecular weight is 191 g/mol. The minimum absolute atomic E-state index is 0.121. The van der Waals surface area contributed by atoms with Gasteiger partial charge < -0.3 is 5.73 Å². The van der Waals surface area contributed by atoms with Crippen LogP contribution in [0.2, 0.25) is 0 Å². The van der Waals surface area contributed by atoms with E-state index in [-0.39, 0.29) is 17.3 Å². The molecule has 0 heterocycles. The summed E-state index contributed by atoms with van der Waals surface area (Å²) < 4.78 is 13.2. The van der Waals surface area contributed by atoms with Gasteiger partial charge in [0.2, 0.25) is 0 Å². The van der Waals surface area contributed by atoms with E-state index in [1.807, 2.05) is 6.07 Å². The van der Waals surface area contributed by atoms with Gasteiger partial charge >= 0.3 is 0 Å². The summed E-state index contributed by atoms with van der Waals surface area (Å²) in [5.74, 6) is -0.121. The number of hydrogen-bond donors (Lipinski definition) is 1. The van der Waals surface area contributed by atoms with Crippen LogP contribution in [0.5, 0.6) is 0 Å². The summed E-state index contributed by atoms with van der Waals surface area (Å²) in [6.07, 6.45) is 4.35. The molecule has 2 aliphatic carbocycles. The molecule has 1 saturated carbocycles. The highest BCUT2D eigenvalue weighted by Crippen LogP contribution is 2.54. The highest BCUT2D eigenvalue weighted by Gasteiger charge is 2.51. The van der Waals surface area contributed by atoms with Crippen LogP contribution in [0.15, 0.2) is 18.2 Å². The standard InChI is InChI=1S/C12H14FN/c13-9-3-1-8-2-4-11(14)12(5-6-12)10(8)7-9/h1,3,7,11H,2,4-6,14H2. The van der Waals surface area contributed by atoms with E-state index in [1.54, 1.807) is 12.1 Å². The number of rotatable bonds is 0. The second-order valence-electron chi connectivity index (χ2n) is 4.60. The maximum Gasteiger partial charge on any atom is 0.123 e. The summed E-state index contributed by atoms with van der Waals surface area (Å²) in [5, 5.41) is 0. The normalized spacial score (nSPS) is 27.4. The van der Waals surface area contributed by atoms with Crippen LogP contribution in [0.3, 0.4) is 0 Å². The predicted octanol–water partition coefficient (Wildman–Crippen LogP) is 2.13. The molecule has 1 unspecified atom stereocenters. The molecule has 2 N–H and O–H groups in total. The van der Waals surface area contributed by atoms with E-state index in [0.717, 1.165) is 25.7 Å². The van der Waals surface area contributed by atoms with Crippen LogP contribution in [0.4, 0.5) is 4.39 Å². The molecule has 0 bridgehead atoms. The first-order valence-corrected chi connectivity index (χ1v) is 5.27. The fourth-order valence-electron chi connectivity index (χ4n) is 2.79. The Balaban J connectivity index is 2.16. The van der Waals surface area contributed by atoms with Gasteiger partial charge in [-0.3, -0.25) is 0 Å². The zero-order valence-electron chi connectivity index (χ0n) is 8.09. The lowest BCUT2D eigenvalue weighted by Gasteiger charge is -2.31. The Morgan fingerprint density at radius 1 is 1.36 bits per heavy atom. The molecule has 74 valence electrons. The lowest BCUT2D eigenvalue weighted by atomic mass is 9.77. The number of aryl methyl sites for hydroxylation is 1. The molecule has 2 heteroatoms. The van der Waals surface area contributed by atoms with Gasteiger partial charge in [-0.25, -0.2) is 4.39 Å². The lowest BCUT2D eigenvalue weighted by Crippen LogP contribution is -2.39. The number of benzene rings is 1. The topological polar surface area (TPSA) is 26.0 Å². The molecule has 3 rings (SSSR count). The quantitative estimate of drug-likeness (QED) is 0.668. The molecule has 0 saturated heterocycles. The molecular formula is C12H14FN. The molecular weight excluding hydrogens is 177 g/mol. The van der Waals surface area contributed by atoms with E-state index in [9.17, 15) is 4.39 Å². The molecule has 1 aromatic rings. The summed E-state index contributed by atoms with van der Waals surface area (Å²) in [6, 6.07) is 5.43. The van der Waals surface area contributed by atoms with Crippen molar-refractivity contribution in [1.29, 1.82) is 0 Å². The van der Waals surface area contributed by atoms with Crippen LogP contribution in [0.1, 0.15) is 30.4 Å². The zero-order valence-corrected chi connectivity index (χ0v) is 8.09. The third-order valence-corrected chi connectivity index (χ3v) is 3.83. The molecule has 2 aliphatic rings. The molecule has 0 amide bonds. The van der Waals surface area contributed by atoms with Crippen LogP contribution < -0.4 is 5.73 Å². The van der Waals surface area contributed by atoms with E-state index in [1.165, 1.54) is 11.1 Å². The van der Waals surface area contributed by atoms with Crippen LogP contribution in [0.25, 0.3) is 0 Å². The first-order chi connectivity index (χ1) is 6.72. The predicted molar refractivity (Wildman–Crippen MR) is 53.6 cm³/mol. The van der Waals surface area contributed by atoms with Gasteiger partial charge in [-0.05, 0) is 48.9 Å². The molecule has 0 radical (unpaired) electrons. The first-order valence-electron chi connectivity index (χ1n) is 5.27. The van der Waals surface area contributed by atoms with Gasteiger partial charge in [0.15, 0.2) is 0 Å². The van der Waals surface area contributed by atoms with Crippen molar-refractivity contribution in [2.45, 2.75) is 37.1 Å². The van der Waals surface area contributed by atoms with Crippen molar-refractivity contribution >= 4 is 0 Å². The highest BCUT2D eigenvalue weighted by atomic mass is 19.1. The maximum absolute atomic E-state index is 13.2. The molecule has 1 aromatic carbocycles. The Labute approximate surface area is 83.1 Å². The van der Waals surface area contributed by atoms with Crippen LogP contribution in [-0.2, 0) is 11.8 Å². The van der Waals surface area contributed by atoms with Gasteiger partial charge in [0, 0.05) is 11.5 Å². The SMILES string of the molecule is NC1CCc2ccc(F)cc2C12CC2. The molecule has 1 spiro atoms. The minimum atomic E-state index is -0.121. The van der Waals surface area contributed by atoms with Crippen LogP contribution in [0, 0.1) is 5.82 Å². The Kier molecular flexibility index (Phi) is 1.55. The number of fused-ring (bicyclic) bond motifs is 2. The second kappa shape index (κ2) is 2.57. The van der Waals surface area contributed by atoms with E-state index in [2.05, 4.69) is 0 Å². The fraction of sp³-hybridized carbons (Fsp3) is 0.500. The molecule has 0 aromatic heterocycles. The van der Waals surface area contributed by atoms with Crippen LogP contribution in [-0.4, -0.2) is 6.04 Å². The molecule has 1 nitrogen and oxygen atoms in total. The zero-order chi connectivity index (χ0) is 9.76. The number of nitrogens with two attached hydrogens (primary N) is 1. The van der Waals surface area contributed by atoms with E-state index in [0.29, 0.717) is 0 Å². The smallest absolute Gasteiger partial charge is 0.123 e. The van der Waals surface area contributed by atoms with Crippen LogP contribution >= 0.6 is 0 Å². The Morgan fingerprint density at radius 3 is 2.86 bits per heavy atom. The van der Waals surface area contributed by atoms with Gasteiger partial charge in [0.05, 0.1) is 0 Å². The summed E-state index contributed by atoms with van der Waals surface area (Å²) in [5.41, 5.74) is 8.77. The first kappa shape index (κ1) is 8.42. The monoisotopic (exact) mass is 191 g/mol. The summed E-state index contributed by atoms with van der Waals surface area (Å²) in [4.78, 5) is 0. The summed E-state index contributed by atoms with van der Waals surface area (Å²) >= 11 is 0. The molecule has 1 fully saturated rings. The largest absolute Gasteiger partial charge is 0.327 e. The third kappa shape index (κ3) is 0.976.